The summed E-state index contributed by atoms with van der Waals surface area (Å²) in [7, 11) is -3.68. The van der Waals surface area contributed by atoms with Gasteiger partial charge in [-0.15, -0.1) is 0 Å². The van der Waals surface area contributed by atoms with Crippen molar-refractivity contribution in [3.63, 3.8) is 0 Å². The molecule has 5 rings (SSSR count). The molecule has 1 heterocycles. The van der Waals surface area contributed by atoms with Crippen LogP contribution in [-0.4, -0.2) is 24.5 Å². The van der Waals surface area contributed by atoms with E-state index in [9.17, 15) is 13.2 Å². The molecule has 0 bridgehead atoms. The Morgan fingerprint density at radius 2 is 1.88 bits per heavy atom. The maximum atomic E-state index is 13.0. The van der Waals surface area contributed by atoms with Gasteiger partial charge in [-0.05, 0) is 66.8 Å². The number of carbonyl (C=O) groups is 1. The first-order chi connectivity index (χ1) is 15.9. The van der Waals surface area contributed by atoms with E-state index in [0.717, 1.165) is 35.9 Å². The lowest BCUT2D eigenvalue weighted by atomic mass is 9.88. The standard InChI is InChI=1S/C24H22N4O4S/c25-24(29)32-17-10-13-21-22(14-17)27-23(26-21)16-8-11-18(12-9-16)33(30,31)28-20-7-3-5-15-4-1-2-6-19(15)20/h1-2,4,6,8-14,20,28H,3,5,7H2,(H2,25,29)(H,26,27). The van der Waals surface area contributed by atoms with E-state index < -0.39 is 16.1 Å². The number of hydrogen-bond acceptors (Lipinski definition) is 5. The SMILES string of the molecule is NC(=O)Oc1ccc2[nH]c(-c3ccc(S(=O)(=O)NC4CCCc5ccccc54)cc3)nc2c1. The summed E-state index contributed by atoms with van der Waals surface area (Å²) in [6.45, 7) is 0. The fourth-order valence-electron chi connectivity index (χ4n) is 4.23. The predicted molar refractivity (Wildman–Crippen MR) is 124 cm³/mol. The summed E-state index contributed by atoms with van der Waals surface area (Å²) in [4.78, 5) is 18.8. The maximum Gasteiger partial charge on any atom is 0.409 e. The molecule has 0 spiro atoms. The molecule has 3 aromatic carbocycles. The highest BCUT2D eigenvalue weighted by molar-refractivity contribution is 7.89. The molecule has 0 saturated heterocycles. The third-order valence-electron chi connectivity index (χ3n) is 5.78. The van der Waals surface area contributed by atoms with Crippen LogP contribution in [0.15, 0.2) is 71.6 Å². The van der Waals surface area contributed by atoms with Crippen LogP contribution in [0.25, 0.3) is 22.4 Å². The number of ether oxygens (including phenoxy) is 1. The second kappa shape index (κ2) is 8.34. The molecule has 1 aromatic heterocycles. The number of aromatic amines is 1. The van der Waals surface area contributed by atoms with Crippen molar-refractivity contribution in [3.05, 3.63) is 77.9 Å². The first-order valence-electron chi connectivity index (χ1n) is 10.6. The van der Waals surface area contributed by atoms with Crippen molar-refractivity contribution >= 4 is 27.1 Å². The molecule has 4 aromatic rings. The number of nitrogens with one attached hydrogen (secondary N) is 2. The fourth-order valence-corrected chi connectivity index (χ4v) is 5.48. The van der Waals surface area contributed by atoms with E-state index >= 15 is 0 Å². The van der Waals surface area contributed by atoms with E-state index in [0.29, 0.717) is 17.1 Å². The number of nitrogens with zero attached hydrogens (tertiary/aromatic N) is 1. The van der Waals surface area contributed by atoms with Gasteiger partial charge in [0.2, 0.25) is 10.0 Å². The summed E-state index contributed by atoms with van der Waals surface area (Å²) >= 11 is 0. The third-order valence-corrected chi connectivity index (χ3v) is 7.27. The number of primary amides is 1. The zero-order valence-corrected chi connectivity index (χ0v) is 18.4. The first-order valence-corrected chi connectivity index (χ1v) is 12.0. The Labute approximate surface area is 190 Å². The number of amides is 1. The summed E-state index contributed by atoms with van der Waals surface area (Å²) < 4.78 is 33.8. The normalized spacial score (nSPS) is 15.8. The number of fused-ring (bicyclic) bond motifs is 2. The molecule has 1 aliphatic rings. The summed E-state index contributed by atoms with van der Waals surface area (Å²) in [5.41, 5.74) is 9.36. The molecule has 0 radical (unpaired) electrons. The lowest BCUT2D eigenvalue weighted by Gasteiger charge is -2.26. The highest BCUT2D eigenvalue weighted by Crippen LogP contribution is 2.31. The third kappa shape index (κ3) is 4.33. The molecule has 4 N–H and O–H groups in total. The van der Waals surface area contributed by atoms with Gasteiger partial charge in [0.1, 0.15) is 11.6 Å². The Kier molecular flexibility index (Phi) is 5.35. The minimum atomic E-state index is -3.68. The number of nitrogens with two attached hydrogens (primary N) is 1. The number of rotatable bonds is 5. The summed E-state index contributed by atoms with van der Waals surface area (Å²) in [5.74, 6) is 0.865. The van der Waals surface area contributed by atoms with E-state index in [2.05, 4.69) is 20.8 Å². The quantitative estimate of drug-likeness (QED) is 0.412. The van der Waals surface area contributed by atoms with Gasteiger partial charge in [0.25, 0.3) is 0 Å². The highest BCUT2D eigenvalue weighted by Gasteiger charge is 2.25. The molecule has 0 aliphatic heterocycles. The Bertz CT molecular complexity index is 1450. The molecule has 1 amide bonds. The van der Waals surface area contributed by atoms with E-state index in [1.807, 2.05) is 18.2 Å². The van der Waals surface area contributed by atoms with Gasteiger partial charge in [0, 0.05) is 17.7 Å². The largest absolute Gasteiger partial charge is 0.410 e. The van der Waals surface area contributed by atoms with Crippen molar-refractivity contribution in [2.24, 2.45) is 5.73 Å². The van der Waals surface area contributed by atoms with E-state index in [-0.39, 0.29) is 10.9 Å². The van der Waals surface area contributed by atoms with Crippen molar-refractivity contribution < 1.29 is 17.9 Å². The highest BCUT2D eigenvalue weighted by atomic mass is 32.2. The van der Waals surface area contributed by atoms with Crippen molar-refractivity contribution in [1.82, 2.24) is 14.7 Å². The molecule has 9 heteroatoms. The van der Waals surface area contributed by atoms with Gasteiger partial charge in [0.15, 0.2) is 0 Å². The average molecular weight is 463 g/mol. The Morgan fingerprint density at radius 3 is 2.67 bits per heavy atom. The maximum absolute atomic E-state index is 13.0. The van der Waals surface area contributed by atoms with Crippen LogP contribution in [0.5, 0.6) is 5.75 Å². The number of H-pyrrole nitrogens is 1. The number of sulfonamides is 1. The topological polar surface area (TPSA) is 127 Å². The molecule has 1 aliphatic carbocycles. The van der Waals surface area contributed by atoms with Gasteiger partial charge in [-0.1, -0.05) is 24.3 Å². The fraction of sp³-hybridized carbons (Fsp3) is 0.167. The van der Waals surface area contributed by atoms with Crippen LogP contribution in [0, 0.1) is 0 Å². The van der Waals surface area contributed by atoms with Crippen molar-refractivity contribution in [1.29, 1.82) is 0 Å². The van der Waals surface area contributed by atoms with Crippen molar-refractivity contribution in [2.75, 3.05) is 0 Å². The number of carbonyl (C=O) groups excluding carboxylic acids is 1. The molecular formula is C24H22N4O4S. The lowest BCUT2D eigenvalue weighted by Crippen LogP contribution is -2.31. The Morgan fingerprint density at radius 1 is 1.09 bits per heavy atom. The Balaban J connectivity index is 1.37. The van der Waals surface area contributed by atoms with E-state index in [1.165, 1.54) is 5.56 Å². The summed E-state index contributed by atoms with van der Waals surface area (Å²) in [6.07, 6.45) is 1.79. The van der Waals surface area contributed by atoms with Gasteiger partial charge < -0.3 is 15.5 Å². The minimum absolute atomic E-state index is 0.197. The van der Waals surface area contributed by atoms with Crippen LogP contribution in [-0.2, 0) is 16.4 Å². The minimum Gasteiger partial charge on any atom is -0.410 e. The molecule has 0 saturated carbocycles. The molecular weight excluding hydrogens is 440 g/mol. The lowest BCUT2D eigenvalue weighted by molar-refractivity contribution is 0.211. The molecule has 1 atom stereocenters. The number of imidazole rings is 1. The van der Waals surface area contributed by atoms with E-state index in [1.54, 1.807) is 42.5 Å². The van der Waals surface area contributed by atoms with Gasteiger partial charge in [0.05, 0.1) is 15.9 Å². The smallest absolute Gasteiger partial charge is 0.409 e. The molecule has 0 fully saturated rings. The monoisotopic (exact) mass is 462 g/mol. The number of hydrogen-bond donors (Lipinski definition) is 3. The predicted octanol–water partition coefficient (Wildman–Crippen LogP) is 4.04. The van der Waals surface area contributed by atoms with Crippen LogP contribution in [0.2, 0.25) is 0 Å². The number of aromatic nitrogens is 2. The second-order valence-corrected chi connectivity index (χ2v) is 9.69. The van der Waals surface area contributed by atoms with Crippen LogP contribution in [0.1, 0.15) is 30.0 Å². The number of benzene rings is 3. The van der Waals surface area contributed by atoms with Gasteiger partial charge in [-0.2, -0.15) is 0 Å². The summed E-state index contributed by atoms with van der Waals surface area (Å²) in [5, 5.41) is 0. The average Bonchev–Trinajstić information content (AvgIpc) is 3.22. The molecule has 168 valence electrons. The zero-order chi connectivity index (χ0) is 23.0. The van der Waals surface area contributed by atoms with Crippen LogP contribution in [0.4, 0.5) is 4.79 Å². The second-order valence-electron chi connectivity index (χ2n) is 7.97. The van der Waals surface area contributed by atoms with Crippen molar-refractivity contribution in [3.8, 4) is 17.1 Å². The summed E-state index contributed by atoms with van der Waals surface area (Å²) in [6, 6.07) is 19.2. The zero-order valence-electron chi connectivity index (χ0n) is 17.6. The van der Waals surface area contributed by atoms with Crippen molar-refractivity contribution in [2.45, 2.75) is 30.2 Å². The van der Waals surface area contributed by atoms with Gasteiger partial charge >= 0.3 is 6.09 Å². The van der Waals surface area contributed by atoms with Crippen LogP contribution < -0.4 is 15.2 Å². The first kappa shape index (κ1) is 21.2. The number of aryl methyl sites for hydroxylation is 1. The van der Waals surface area contributed by atoms with Gasteiger partial charge in [-0.25, -0.2) is 22.9 Å². The van der Waals surface area contributed by atoms with Crippen LogP contribution >= 0.6 is 0 Å². The molecule has 1 unspecified atom stereocenters. The Hall–Kier alpha value is -3.69. The van der Waals surface area contributed by atoms with E-state index in [4.69, 9.17) is 10.5 Å². The molecule has 33 heavy (non-hydrogen) atoms. The van der Waals surface area contributed by atoms with Gasteiger partial charge in [-0.3, -0.25) is 0 Å². The van der Waals surface area contributed by atoms with Crippen LogP contribution in [0.3, 0.4) is 0 Å². The molecule has 8 nitrogen and oxygen atoms in total.